The van der Waals surface area contributed by atoms with Crippen LogP contribution in [-0.2, 0) is 9.47 Å². The lowest BCUT2D eigenvalue weighted by atomic mass is 10.1. The lowest BCUT2D eigenvalue weighted by Crippen LogP contribution is -2.44. The summed E-state index contributed by atoms with van der Waals surface area (Å²) in [6.45, 7) is 11.4. The van der Waals surface area contributed by atoms with E-state index in [9.17, 15) is 14.4 Å². The Balaban J connectivity index is 1.70. The number of anilines is 2. The summed E-state index contributed by atoms with van der Waals surface area (Å²) >= 11 is 0. The summed E-state index contributed by atoms with van der Waals surface area (Å²) in [7, 11) is 0. The number of hydrogen-bond acceptors (Lipinski definition) is 7. The van der Waals surface area contributed by atoms with Crippen LogP contribution in [0.25, 0.3) is 0 Å². The first-order valence-corrected chi connectivity index (χ1v) is 11.8. The van der Waals surface area contributed by atoms with Gasteiger partial charge in [-0.05, 0) is 72.9 Å². The van der Waals surface area contributed by atoms with Crippen molar-refractivity contribution in [3.05, 3.63) is 23.5 Å². The number of halogens is 1. The maximum absolute atomic E-state index is 15.7. The van der Waals surface area contributed by atoms with Crippen LogP contribution in [0.1, 0.15) is 71.2 Å². The van der Waals surface area contributed by atoms with Gasteiger partial charge < -0.3 is 25.0 Å². The summed E-state index contributed by atoms with van der Waals surface area (Å²) in [5.41, 5.74) is 3.61. The van der Waals surface area contributed by atoms with Crippen molar-refractivity contribution in [1.82, 2.24) is 16.2 Å². The van der Waals surface area contributed by atoms with Crippen molar-refractivity contribution in [2.45, 2.75) is 84.1 Å². The zero-order valence-corrected chi connectivity index (χ0v) is 21.2. The number of rotatable bonds is 5. The van der Waals surface area contributed by atoms with Gasteiger partial charge in [-0.2, -0.15) is 0 Å². The van der Waals surface area contributed by atoms with Gasteiger partial charge in [0.2, 0.25) is 0 Å². The monoisotopic (exact) mass is 493 g/mol. The summed E-state index contributed by atoms with van der Waals surface area (Å²) in [6.07, 6.45) is 1.07. The Morgan fingerprint density at radius 1 is 0.914 bits per heavy atom. The average Bonchev–Trinajstić information content (AvgIpc) is 3.41. The van der Waals surface area contributed by atoms with E-state index in [1.807, 2.05) is 4.90 Å². The number of hydrogen-bond donors (Lipinski definition) is 4. The van der Waals surface area contributed by atoms with Gasteiger partial charge in [-0.15, -0.1) is 0 Å². The number of hydrazine groups is 1. The highest BCUT2D eigenvalue weighted by molar-refractivity contribution is 6.01. The average molecular weight is 494 g/mol. The molecule has 1 heterocycles. The van der Waals surface area contributed by atoms with Gasteiger partial charge in [0.05, 0.1) is 23.0 Å². The number of nitrogens with one attached hydrogen (secondary N) is 4. The number of ether oxygens (including phenoxy) is 2. The van der Waals surface area contributed by atoms with Gasteiger partial charge in [0.1, 0.15) is 11.2 Å². The molecule has 3 amide bonds. The molecule has 3 rings (SSSR count). The van der Waals surface area contributed by atoms with Crippen LogP contribution in [-0.4, -0.2) is 54.5 Å². The number of alkyl carbamates (subject to hydrolysis) is 1. The highest BCUT2D eigenvalue weighted by Crippen LogP contribution is 2.35. The van der Waals surface area contributed by atoms with Gasteiger partial charge in [0, 0.05) is 19.1 Å². The second-order valence-corrected chi connectivity index (χ2v) is 10.9. The topological polar surface area (TPSA) is 121 Å². The molecule has 11 heteroatoms. The zero-order valence-electron chi connectivity index (χ0n) is 21.2. The van der Waals surface area contributed by atoms with Crippen molar-refractivity contribution < 1.29 is 28.2 Å². The quantitative estimate of drug-likeness (QED) is 0.462. The molecule has 1 aromatic rings. The molecule has 194 valence electrons. The summed E-state index contributed by atoms with van der Waals surface area (Å²) in [5, 5.41) is 5.92. The smallest absolute Gasteiger partial charge is 0.426 e. The fraction of sp³-hybridized carbons (Fsp3) is 0.625. The molecule has 4 N–H and O–H groups in total. The Hall–Kier alpha value is -3.24. The van der Waals surface area contributed by atoms with Crippen LogP contribution < -0.4 is 26.4 Å². The molecule has 0 radical (unpaired) electrons. The normalized spacial score (nSPS) is 18.0. The number of carbonyl (C=O) groups is 3. The first-order chi connectivity index (χ1) is 16.2. The maximum atomic E-state index is 15.7. The molecular formula is C24H36FN5O5. The number of nitrogens with zero attached hydrogens (tertiary/aromatic N) is 1. The van der Waals surface area contributed by atoms with Gasteiger partial charge in [-0.3, -0.25) is 10.2 Å². The molecule has 0 spiro atoms. The van der Waals surface area contributed by atoms with E-state index in [-0.39, 0.29) is 23.3 Å². The van der Waals surface area contributed by atoms with Crippen LogP contribution in [0.4, 0.5) is 25.4 Å². The molecule has 35 heavy (non-hydrogen) atoms. The van der Waals surface area contributed by atoms with Gasteiger partial charge >= 0.3 is 12.2 Å². The molecule has 1 aliphatic carbocycles. The fourth-order valence-corrected chi connectivity index (χ4v) is 3.62. The summed E-state index contributed by atoms with van der Waals surface area (Å²) in [4.78, 5) is 38.5. The Morgan fingerprint density at radius 2 is 1.54 bits per heavy atom. The minimum absolute atomic E-state index is 0.0665. The van der Waals surface area contributed by atoms with Crippen LogP contribution in [0.2, 0.25) is 0 Å². The van der Waals surface area contributed by atoms with Crippen molar-refractivity contribution >= 4 is 29.5 Å². The molecule has 1 saturated heterocycles. The van der Waals surface area contributed by atoms with E-state index in [1.165, 1.54) is 12.1 Å². The predicted molar refractivity (Wildman–Crippen MR) is 130 cm³/mol. The second kappa shape index (κ2) is 10.2. The highest BCUT2D eigenvalue weighted by atomic mass is 19.1. The Morgan fingerprint density at radius 3 is 2.14 bits per heavy atom. The van der Waals surface area contributed by atoms with E-state index in [4.69, 9.17) is 9.47 Å². The Labute approximate surface area is 205 Å². The standard InChI is InChI=1S/C24H36FN5O5/c1-23(2,3)34-21(32)27-15-11-12-30(13-15)17-10-9-16(19(18(17)25)26-14-7-8-14)20(31)28-29-22(33)35-24(4,5)6/h9-10,14-15,26H,7-8,11-13H2,1-6H3,(H,27,32)(H,28,31)(H,29,33)/t15-/m1/s1. The van der Waals surface area contributed by atoms with E-state index in [1.54, 1.807) is 41.5 Å². The zero-order chi connectivity index (χ0) is 26.0. The van der Waals surface area contributed by atoms with E-state index in [0.717, 1.165) is 12.8 Å². The molecule has 0 bridgehead atoms. The fourth-order valence-electron chi connectivity index (χ4n) is 3.62. The van der Waals surface area contributed by atoms with Crippen LogP contribution >= 0.6 is 0 Å². The van der Waals surface area contributed by atoms with E-state index in [2.05, 4.69) is 21.5 Å². The minimum Gasteiger partial charge on any atom is -0.444 e. The first kappa shape index (κ1) is 26.4. The lowest BCUT2D eigenvalue weighted by molar-refractivity contribution is 0.0480. The number of amides is 3. The molecule has 2 aliphatic rings. The molecular weight excluding hydrogens is 457 g/mol. The molecule has 1 aliphatic heterocycles. The largest absolute Gasteiger partial charge is 0.444 e. The Bertz CT molecular complexity index is 968. The highest BCUT2D eigenvalue weighted by Gasteiger charge is 2.31. The summed E-state index contributed by atoms with van der Waals surface area (Å²) in [6, 6.07) is 2.95. The van der Waals surface area contributed by atoms with E-state index >= 15 is 4.39 Å². The van der Waals surface area contributed by atoms with Crippen molar-refractivity contribution in [3.63, 3.8) is 0 Å². The van der Waals surface area contributed by atoms with E-state index < -0.39 is 35.1 Å². The van der Waals surface area contributed by atoms with Crippen molar-refractivity contribution in [3.8, 4) is 0 Å². The van der Waals surface area contributed by atoms with Crippen molar-refractivity contribution in [2.24, 2.45) is 0 Å². The maximum Gasteiger partial charge on any atom is 0.426 e. The third-order valence-electron chi connectivity index (χ3n) is 5.22. The first-order valence-electron chi connectivity index (χ1n) is 11.8. The van der Waals surface area contributed by atoms with Crippen molar-refractivity contribution in [2.75, 3.05) is 23.3 Å². The van der Waals surface area contributed by atoms with Gasteiger partial charge in [0.15, 0.2) is 5.82 Å². The van der Waals surface area contributed by atoms with Crippen molar-refractivity contribution in [1.29, 1.82) is 0 Å². The molecule has 0 unspecified atom stereocenters. The van der Waals surface area contributed by atoms with Crippen LogP contribution in [0, 0.1) is 5.82 Å². The summed E-state index contributed by atoms with van der Waals surface area (Å²) < 4.78 is 26.1. The SMILES string of the molecule is CC(C)(C)OC(=O)NNC(=O)c1ccc(N2CC[C@@H](NC(=O)OC(C)(C)C)C2)c(F)c1NC1CC1. The lowest BCUT2D eigenvalue weighted by Gasteiger charge is -2.24. The van der Waals surface area contributed by atoms with Crippen LogP contribution in [0.3, 0.4) is 0 Å². The van der Waals surface area contributed by atoms with Crippen LogP contribution in [0.15, 0.2) is 12.1 Å². The minimum atomic E-state index is -0.819. The molecule has 1 aromatic carbocycles. The molecule has 1 saturated carbocycles. The number of benzene rings is 1. The van der Waals surface area contributed by atoms with E-state index in [0.29, 0.717) is 25.2 Å². The van der Waals surface area contributed by atoms with Crippen LogP contribution in [0.5, 0.6) is 0 Å². The Kier molecular flexibility index (Phi) is 7.66. The molecule has 10 nitrogen and oxygen atoms in total. The molecule has 1 atom stereocenters. The van der Waals surface area contributed by atoms with Gasteiger partial charge in [-0.25, -0.2) is 19.4 Å². The van der Waals surface area contributed by atoms with Gasteiger partial charge in [0.25, 0.3) is 5.91 Å². The predicted octanol–water partition coefficient (Wildman–Crippen LogP) is 3.67. The third kappa shape index (κ3) is 7.90. The molecule has 0 aromatic heterocycles. The second-order valence-electron chi connectivity index (χ2n) is 10.9. The van der Waals surface area contributed by atoms with Gasteiger partial charge in [-0.1, -0.05) is 0 Å². The summed E-state index contributed by atoms with van der Waals surface area (Å²) in [5.74, 6) is -1.23. The molecule has 2 fully saturated rings. The third-order valence-corrected chi connectivity index (χ3v) is 5.22. The number of carbonyl (C=O) groups excluding carboxylic acids is 3.